The molecule has 5 heteroatoms. The van der Waals surface area contributed by atoms with E-state index in [4.69, 9.17) is 4.89 Å². The smallest absolute Gasteiger partial charge is 0.324 e. The van der Waals surface area contributed by atoms with Crippen LogP contribution in [0.4, 0.5) is 0 Å². The summed E-state index contributed by atoms with van der Waals surface area (Å²) in [4.78, 5) is 8.16. The van der Waals surface area contributed by atoms with E-state index in [1.165, 1.54) is 7.11 Å². The van der Waals surface area contributed by atoms with Crippen LogP contribution in [-0.4, -0.2) is 18.7 Å². The molecular weight excluding hydrogens is 154 g/mol. The van der Waals surface area contributed by atoms with Crippen LogP contribution < -0.4 is 0 Å². The molecule has 0 rings (SSSR count). The topological polar surface area (TPSA) is 46.5 Å². The van der Waals surface area contributed by atoms with Gasteiger partial charge in [0.25, 0.3) is 0 Å². The second kappa shape index (κ2) is 3.70. The minimum atomic E-state index is -3.15. The first-order valence-corrected chi connectivity index (χ1v) is 3.45. The number of rotatable bonds is 1. The quantitative estimate of drug-likeness (QED) is 0.567. The van der Waals surface area contributed by atoms with Gasteiger partial charge in [-0.1, -0.05) is 0 Å². The Bertz CT molecular complexity index is 77.0. The second-order valence-electron chi connectivity index (χ2n) is 0.986. The van der Waals surface area contributed by atoms with Crippen molar-refractivity contribution in [3.8, 4) is 0 Å². The summed E-state index contributed by atoms with van der Waals surface area (Å²) in [5, 5.41) is 0. The van der Waals surface area contributed by atoms with Crippen LogP contribution in [0.1, 0.15) is 0 Å². The van der Waals surface area contributed by atoms with E-state index in [9.17, 15) is 4.57 Å². The van der Waals surface area contributed by atoms with Gasteiger partial charge in [0.15, 0.2) is 0 Å². The van der Waals surface area contributed by atoms with Crippen LogP contribution in [0.2, 0.25) is 0 Å². The third-order valence-electron chi connectivity index (χ3n) is 0.339. The van der Waals surface area contributed by atoms with E-state index in [2.05, 4.69) is 4.52 Å². The molecule has 0 fully saturated rings. The van der Waals surface area contributed by atoms with Crippen LogP contribution >= 0.6 is 7.60 Å². The van der Waals surface area contributed by atoms with Gasteiger partial charge in [0, 0.05) is 32.3 Å². The van der Waals surface area contributed by atoms with Crippen molar-refractivity contribution in [2.45, 2.75) is 0 Å². The maximum absolute atomic E-state index is 9.92. The van der Waals surface area contributed by atoms with E-state index in [0.717, 1.165) is 6.66 Å². The summed E-state index contributed by atoms with van der Waals surface area (Å²) in [5.74, 6) is 0. The zero-order chi connectivity index (χ0) is 5.21. The zero-order valence-electron chi connectivity index (χ0n) is 4.16. The molecule has 0 amide bonds. The Morgan fingerprint density at radius 2 is 1.86 bits per heavy atom. The predicted molar refractivity (Wildman–Crippen MR) is 22.8 cm³/mol. The molecule has 7 heavy (non-hydrogen) atoms. The molecule has 1 N–H and O–H groups in total. The Morgan fingerprint density at radius 1 is 1.71 bits per heavy atom. The molecule has 0 aromatic heterocycles. The van der Waals surface area contributed by atoms with Crippen LogP contribution in [0.15, 0.2) is 0 Å². The normalized spacial score (nSPS) is 17.0. The summed E-state index contributed by atoms with van der Waals surface area (Å²) in [6.45, 7) is 1.13. The van der Waals surface area contributed by atoms with E-state index >= 15 is 0 Å². The van der Waals surface area contributed by atoms with Crippen LogP contribution in [0.25, 0.3) is 0 Å². The maximum atomic E-state index is 9.92. The van der Waals surface area contributed by atoms with E-state index in [-0.39, 0.29) is 18.6 Å². The second-order valence-corrected chi connectivity index (χ2v) is 2.96. The van der Waals surface area contributed by atoms with Crippen molar-refractivity contribution in [2.24, 2.45) is 0 Å². The molecule has 0 saturated carbocycles. The maximum Gasteiger partial charge on any atom is 0.324 e. The van der Waals surface area contributed by atoms with Crippen molar-refractivity contribution in [2.75, 3.05) is 13.8 Å². The van der Waals surface area contributed by atoms with Crippen molar-refractivity contribution in [1.29, 1.82) is 0 Å². The minimum Gasteiger partial charge on any atom is -0.324 e. The van der Waals surface area contributed by atoms with Gasteiger partial charge in [-0.15, -0.1) is 0 Å². The van der Waals surface area contributed by atoms with E-state index < -0.39 is 7.60 Å². The molecule has 0 spiro atoms. The predicted octanol–water partition coefficient (Wildman–Crippen LogP) is 0.445. The molecule has 3 nitrogen and oxygen atoms in total. The molecule has 0 aromatic rings. The molecule has 0 bridgehead atoms. The molecule has 0 aliphatic carbocycles. The monoisotopic (exact) mass is 161 g/mol. The van der Waals surface area contributed by atoms with Crippen molar-refractivity contribution >= 4 is 7.60 Å². The zero-order valence-corrected chi connectivity index (χ0v) is 6.45. The number of hydrogen-bond donors (Lipinski definition) is 1. The summed E-state index contributed by atoms with van der Waals surface area (Å²) in [7, 11) is -1.95. The average molecular weight is 161 g/mol. The Labute approximate surface area is 54.5 Å². The summed E-state index contributed by atoms with van der Waals surface area (Å²) >= 11 is 0. The fourth-order valence-corrected chi connectivity index (χ4v) is 0. The van der Waals surface area contributed by atoms with E-state index in [0.29, 0.717) is 0 Å². The fourth-order valence-electron chi connectivity index (χ4n) is 0. The molecule has 1 unspecified atom stereocenters. The van der Waals surface area contributed by atoms with Gasteiger partial charge in [-0.25, -0.2) is 0 Å². The van der Waals surface area contributed by atoms with Crippen molar-refractivity contribution in [3.05, 3.63) is 0 Å². The van der Waals surface area contributed by atoms with Crippen LogP contribution in [0.3, 0.4) is 0 Å². The van der Waals surface area contributed by atoms with Gasteiger partial charge in [-0.3, -0.25) is 4.57 Å². The molecule has 1 radical (unpaired) electrons. The van der Waals surface area contributed by atoms with Crippen molar-refractivity contribution in [3.63, 3.8) is 0 Å². The third-order valence-corrected chi connectivity index (χ3v) is 1.02. The summed E-state index contributed by atoms with van der Waals surface area (Å²) < 4.78 is 14.0. The van der Waals surface area contributed by atoms with Crippen molar-refractivity contribution in [1.82, 2.24) is 0 Å². The molecule has 1 atom stereocenters. The first-order valence-electron chi connectivity index (χ1n) is 1.42. The van der Waals surface area contributed by atoms with Gasteiger partial charge in [0.1, 0.15) is 0 Å². The van der Waals surface area contributed by atoms with Gasteiger partial charge in [0.2, 0.25) is 0 Å². The van der Waals surface area contributed by atoms with Crippen LogP contribution in [0, 0.1) is 0 Å². The van der Waals surface area contributed by atoms with Gasteiger partial charge < -0.3 is 9.42 Å². The molecule has 0 heterocycles. The van der Waals surface area contributed by atoms with Gasteiger partial charge >= 0.3 is 7.60 Å². The van der Waals surface area contributed by atoms with Crippen LogP contribution in [-0.2, 0) is 27.6 Å². The first-order chi connectivity index (χ1) is 2.56. The Hall–Kier alpha value is 0.734. The van der Waals surface area contributed by atoms with Gasteiger partial charge in [-0.05, 0) is 0 Å². The molecule has 0 saturated heterocycles. The summed E-state index contributed by atoms with van der Waals surface area (Å²) in [6.07, 6.45) is 0. The number of hydrogen-bond acceptors (Lipinski definition) is 2. The largest absolute Gasteiger partial charge is 0.324 e. The van der Waals surface area contributed by atoms with Crippen molar-refractivity contribution < 1.29 is 32.5 Å². The van der Waals surface area contributed by atoms with E-state index in [1.807, 2.05) is 0 Å². The van der Waals surface area contributed by atoms with Gasteiger partial charge in [0.05, 0.1) is 0 Å². The molecule has 43 valence electrons. The minimum absolute atomic E-state index is 0. The Balaban J connectivity index is 0. The Kier molecular flexibility index (Phi) is 5.64. The summed E-state index contributed by atoms with van der Waals surface area (Å²) in [5.41, 5.74) is 0. The molecule has 0 aliphatic rings. The van der Waals surface area contributed by atoms with E-state index in [1.54, 1.807) is 0 Å². The molecule has 0 aliphatic heterocycles. The first kappa shape index (κ1) is 10.7. The van der Waals surface area contributed by atoms with Gasteiger partial charge in [-0.2, -0.15) is 0 Å². The SMILES string of the molecule is COP(C)(=O)O.[V]. The molecule has 0 aromatic carbocycles. The fraction of sp³-hybridized carbons (Fsp3) is 1.00. The third kappa shape index (κ3) is 10.8. The standard InChI is InChI=1S/C2H7O3P.V/c1-5-6(2,3)4;/h1-2H3,(H,3,4);. The molecular formula is C2H7O3PV. The summed E-state index contributed by atoms with van der Waals surface area (Å²) in [6, 6.07) is 0. The van der Waals surface area contributed by atoms with Crippen LogP contribution in [0.5, 0.6) is 0 Å². The Morgan fingerprint density at radius 3 is 1.86 bits per heavy atom. The average Bonchev–Trinajstić information content (AvgIpc) is 1.35.